The summed E-state index contributed by atoms with van der Waals surface area (Å²) in [5.41, 5.74) is 4.32. The standard InChI is InChI=1S/C29H36N4O4/c1-6-36-28(35)22-9-12-24(19(2)17-22)30-27(34)21-13-15-33(16-14-21)18-25-31-26(32-37-25)20-7-10-23(11-8-20)29(3,4)5/h7-12,17,21H,6,13-16,18H2,1-5H3,(H,30,34). The van der Waals surface area contributed by atoms with Gasteiger partial charge in [0.15, 0.2) is 0 Å². The molecule has 196 valence electrons. The van der Waals surface area contributed by atoms with Crippen molar-refractivity contribution in [3.63, 3.8) is 0 Å². The first-order valence-corrected chi connectivity index (χ1v) is 12.9. The number of aromatic nitrogens is 2. The molecule has 1 N–H and O–H groups in total. The maximum atomic E-state index is 12.9. The van der Waals surface area contributed by atoms with Gasteiger partial charge in [0.1, 0.15) is 0 Å². The Kier molecular flexibility index (Phi) is 8.07. The predicted molar refractivity (Wildman–Crippen MR) is 142 cm³/mol. The van der Waals surface area contributed by atoms with E-state index in [1.807, 2.05) is 19.1 Å². The molecule has 0 radical (unpaired) electrons. The minimum atomic E-state index is -0.359. The number of amides is 1. The summed E-state index contributed by atoms with van der Waals surface area (Å²) in [7, 11) is 0. The first-order valence-electron chi connectivity index (χ1n) is 12.9. The number of hydrogen-bond donors (Lipinski definition) is 1. The van der Waals surface area contributed by atoms with Gasteiger partial charge in [0, 0.05) is 17.2 Å². The molecule has 2 heterocycles. The Balaban J connectivity index is 1.28. The van der Waals surface area contributed by atoms with E-state index in [4.69, 9.17) is 9.26 Å². The molecule has 0 unspecified atom stereocenters. The SMILES string of the molecule is CCOC(=O)c1ccc(NC(=O)C2CCN(Cc3nc(-c4ccc(C(C)(C)C)cc4)no3)CC2)c(C)c1. The molecular formula is C29H36N4O4. The van der Waals surface area contributed by atoms with Gasteiger partial charge >= 0.3 is 5.97 Å². The Morgan fingerprint density at radius 2 is 1.81 bits per heavy atom. The van der Waals surface area contributed by atoms with E-state index in [0.717, 1.165) is 42.7 Å². The van der Waals surface area contributed by atoms with Crippen LogP contribution in [0.1, 0.15) is 67.9 Å². The quantitative estimate of drug-likeness (QED) is 0.432. The lowest BCUT2D eigenvalue weighted by Gasteiger charge is -2.30. The molecular weight excluding hydrogens is 468 g/mol. The summed E-state index contributed by atoms with van der Waals surface area (Å²) in [6, 6.07) is 13.5. The second-order valence-electron chi connectivity index (χ2n) is 10.6. The molecule has 0 aliphatic carbocycles. The number of ether oxygens (including phenoxy) is 1. The Morgan fingerprint density at radius 3 is 2.43 bits per heavy atom. The Morgan fingerprint density at radius 1 is 1.11 bits per heavy atom. The Bertz CT molecular complexity index is 1240. The van der Waals surface area contributed by atoms with Gasteiger partial charge < -0.3 is 14.6 Å². The predicted octanol–water partition coefficient (Wildman–Crippen LogP) is 5.37. The highest BCUT2D eigenvalue weighted by Crippen LogP contribution is 2.26. The van der Waals surface area contributed by atoms with Gasteiger partial charge in [0.05, 0.1) is 18.7 Å². The van der Waals surface area contributed by atoms with E-state index in [9.17, 15) is 9.59 Å². The molecule has 8 nitrogen and oxygen atoms in total. The van der Waals surface area contributed by atoms with Crippen LogP contribution in [0.3, 0.4) is 0 Å². The molecule has 0 saturated carbocycles. The number of anilines is 1. The lowest BCUT2D eigenvalue weighted by atomic mass is 9.87. The van der Waals surface area contributed by atoms with Crippen molar-refractivity contribution >= 4 is 17.6 Å². The van der Waals surface area contributed by atoms with Gasteiger partial charge in [-0.05, 0) is 74.5 Å². The number of carbonyl (C=O) groups excluding carboxylic acids is 2. The van der Waals surface area contributed by atoms with Gasteiger partial charge in [-0.1, -0.05) is 50.2 Å². The third-order valence-electron chi connectivity index (χ3n) is 6.79. The number of rotatable bonds is 7. The van der Waals surface area contributed by atoms with E-state index < -0.39 is 0 Å². The van der Waals surface area contributed by atoms with Gasteiger partial charge in [-0.25, -0.2) is 4.79 Å². The van der Waals surface area contributed by atoms with Gasteiger partial charge in [0.25, 0.3) is 0 Å². The molecule has 8 heteroatoms. The molecule has 1 aliphatic rings. The normalized spacial score (nSPS) is 14.9. The topological polar surface area (TPSA) is 97.6 Å². The largest absolute Gasteiger partial charge is 0.462 e. The maximum absolute atomic E-state index is 12.9. The molecule has 37 heavy (non-hydrogen) atoms. The maximum Gasteiger partial charge on any atom is 0.338 e. The molecule has 4 rings (SSSR count). The number of likely N-dealkylation sites (tertiary alicyclic amines) is 1. The average Bonchev–Trinajstić information content (AvgIpc) is 3.34. The lowest BCUT2D eigenvalue weighted by molar-refractivity contribution is -0.121. The van der Waals surface area contributed by atoms with Crippen LogP contribution in [0.2, 0.25) is 0 Å². The number of aryl methyl sites for hydroxylation is 1. The third-order valence-corrected chi connectivity index (χ3v) is 6.79. The number of benzene rings is 2. The van der Waals surface area contributed by atoms with Crippen molar-refractivity contribution in [2.75, 3.05) is 25.0 Å². The van der Waals surface area contributed by atoms with Crippen molar-refractivity contribution in [1.29, 1.82) is 0 Å². The van der Waals surface area contributed by atoms with Crippen molar-refractivity contribution in [3.8, 4) is 11.4 Å². The smallest absolute Gasteiger partial charge is 0.338 e. The van der Waals surface area contributed by atoms with Crippen LogP contribution in [0.4, 0.5) is 5.69 Å². The molecule has 0 atom stereocenters. The summed E-state index contributed by atoms with van der Waals surface area (Å²) in [5, 5.41) is 7.19. The molecule has 0 spiro atoms. The zero-order valence-electron chi connectivity index (χ0n) is 22.3. The van der Waals surface area contributed by atoms with Crippen LogP contribution < -0.4 is 5.32 Å². The lowest BCUT2D eigenvalue weighted by Crippen LogP contribution is -2.37. The number of nitrogens with zero attached hydrogens (tertiary/aromatic N) is 3. The summed E-state index contributed by atoms with van der Waals surface area (Å²) in [6.07, 6.45) is 1.50. The number of nitrogens with one attached hydrogen (secondary N) is 1. The summed E-state index contributed by atoms with van der Waals surface area (Å²) in [4.78, 5) is 31.6. The highest BCUT2D eigenvalue weighted by Gasteiger charge is 2.26. The Hall–Kier alpha value is -3.52. The highest BCUT2D eigenvalue weighted by atomic mass is 16.5. The molecule has 1 amide bonds. The van der Waals surface area contributed by atoms with Crippen LogP contribution in [0.25, 0.3) is 11.4 Å². The minimum absolute atomic E-state index is 0.00501. The monoisotopic (exact) mass is 504 g/mol. The van der Waals surface area contributed by atoms with Crippen LogP contribution in [0.15, 0.2) is 47.0 Å². The van der Waals surface area contributed by atoms with Crippen molar-refractivity contribution < 1.29 is 18.8 Å². The van der Waals surface area contributed by atoms with Crippen molar-refractivity contribution in [1.82, 2.24) is 15.0 Å². The van der Waals surface area contributed by atoms with Gasteiger partial charge in [-0.15, -0.1) is 0 Å². The van der Waals surface area contributed by atoms with E-state index in [-0.39, 0.29) is 23.2 Å². The van der Waals surface area contributed by atoms with E-state index >= 15 is 0 Å². The zero-order chi connectivity index (χ0) is 26.6. The van der Waals surface area contributed by atoms with Gasteiger partial charge in [0.2, 0.25) is 17.6 Å². The van der Waals surface area contributed by atoms with E-state index in [1.165, 1.54) is 5.56 Å². The first kappa shape index (κ1) is 26.5. The third kappa shape index (κ3) is 6.63. The van der Waals surface area contributed by atoms with Crippen LogP contribution in [0.5, 0.6) is 0 Å². The molecule has 1 aromatic heterocycles. The van der Waals surface area contributed by atoms with Gasteiger partial charge in [-0.3, -0.25) is 9.69 Å². The molecule has 0 bridgehead atoms. The fourth-order valence-corrected chi connectivity index (χ4v) is 4.48. The van der Waals surface area contributed by atoms with Crippen molar-refractivity contribution in [3.05, 3.63) is 65.0 Å². The summed E-state index contributed by atoms with van der Waals surface area (Å²) in [6.45, 7) is 12.7. The Labute approximate surface area is 218 Å². The number of hydrogen-bond acceptors (Lipinski definition) is 7. The fourth-order valence-electron chi connectivity index (χ4n) is 4.48. The second-order valence-corrected chi connectivity index (χ2v) is 10.6. The summed E-state index contributed by atoms with van der Waals surface area (Å²) in [5.74, 6) is 0.747. The number of carbonyl (C=O) groups is 2. The van der Waals surface area contributed by atoms with Crippen molar-refractivity contribution in [2.45, 2.75) is 59.4 Å². The van der Waals surface area contributed by atoms with Gasteiger partial charge in [-0.2, -0.15) is 4.98 Å². The molecule has 1 fully saturated rings. The zero-order valence-corrected chi connectivity index (χ0v) is 22.3. The van der Waals surface area contributed by atoms with E-state index in [2.05, 4.69) is 53.3 Å². The number of esters is 1. The van der Waals surface area contributed by atoms with Crippen LogP contribution >= 0.6 is 0 Å². The fraction of sp³-hybridized carbons (Fsp3) is 0.448. The van der Waals surface area contributed by atoms with Crippen molar-refractivity contribution in [2.24, 2.45) is 5.92 Å². The molecule has 2 aromatic carbocycles. The number of piperidine rings is 1. The highest BCUT2D eigenvalue weighted by molar-refractivity contribution is 5.95. The van der Waals surface area contributed by atoms with E-state index in [0.29, 0.717) is 30.4 Å². The summed E-state index contributed by atoms with van der Waals surface area (Å²) < 4.78 is 10.6. The summed E-state index contributed by atoms with van der Waals surface area (Å²) >= 11 is 0. The molecule has 1 saturated heterocycles. The van der Waals surface area contributed by atoms with E-state index in [1.54, 1.807) is 25.1 Å². The average molecular weight is 505 g/mol. The minimum Gasteiger partial charge on any atom is -0.462 e. The van der Waals surface area contributed by atoms with Crippen LogP contribution in [0, 0.1) is 12.8 Å². The first-order chi connectivity index (χ1) is 17.6. The molecule has 3 aromatic rings. The molecule has 1 aliphatic heterocycles. The second kappa shape index (κ2) is 11.3. The van der Waals surface area contributed by atoms with Crippen LogP contribution in [-0.2, 0) is 21.5 Å². The van der Waals surface area contributed by atoms with Crippen LogP contribution in [-0.4, -0.2) is 46.6 Å².